The van der Waals surface area contributed by atoms with Gasteiger partial charge in [0.05, 0.1) is 12.5 Å². The fraction of sp³-hybridized carbons (Fsp3) is 0.333. The molecule has 0 spiro atoms. The van der Waals surface area contributed by atoms with Crippen LogP contribution in [0.5, 0.6) is 0 Å². The Hall–Kier alpha value is -2.36. The van der Waals surface area contributed by atoms with Crippen molar-refractivity contribution in [2.45, 2.75) is 26.2 Å². The Morgan fingerprint density at radius 3 is 3.00 bits per heavy atom. The minimum atomic E-state index is -0.0789. The number of allylic oxidation sites excluding steroid dienone is 2. The molecule has 1 unspecified atom stereocenters. The van der Waals surface area contributed by atoms with Crippen LogP contribution in [0.4, 0.5) is 5.82 Å². The van der Waals surface area contributed by atoms with Crippen molar-refractivity contribution in [3.05, 3.63) is 42.1 Å². The van der Waals surface area contributed by atoms with Crippen LogP contribution >= 0.6 is 0 Å². The topological polar surface area (TPSA) is 65.2 Å². The van der Waals surface area contributed by atoms with Crippen LogP contribution in [0.1, 0.15) is 31.7 Å². The van der Waals surface area contributed by atoms with Crippen molar-refractivity contribution in [2.75, 3.05) is 12.3 Å². The van der Waals surface area contributed by atoms with Crippen LogP contribution in [0.2, 0.25) is 0 Å². The van der Waals surface area contributed by atoms with Gasteiger partial charge in [-0.1, -0.05) is 18.2 Å². The SMILES string of the molecule is CCOC(=O)C1CC=C(c2ccc3ccnc(N)c3c2)CC1. The molecular weight excluding hydrogens is 276 g/mol. The zero-order valence-corrected chi connectivity index (χ0v) is 12.7. The molecule has 1 aliphatic rings. The van der Waals surface area contributed by atoms with E-state index in [0.29, 0.717) is 12.4 Å². The molecular formula is C18H20N2O2. The van der Waals surface area contributed by atoms with Crippen molar-refractivity contribution in [1.82, 2.24) is 4.98 Å². The molecule has 4 heteroatoms. The average molecular weight is 296 g/mol. The highest BCUT2D eigenvalue weighted by atomic mass is 16.5. The molecule has 0 saturated carbocycles. The number of ether oxygens (including phenoxy) is 1. The summed E-state index contributed by atoms with van der Waals surface area (Å²) in [5.74, 6) is 0.473. The lowest BCUT2D eigenvalue weighted by Gasteiger charge is -2.21. The average Bonchev–Trinajstić information content (AvgIpc) is 2.55. The van der Waals surface area contributed by atoms with E-state index in [-0.39, 0.29) is 11.9 Å². The first-order chi connectivity index (χ1) is 10.7. The summed E-state index contributed by atoms with van der Waals surface area (Å²) in [5, 5.41) is 2.07. The van der Waals surface area contributed by atoms with E-state index in [2.05, 4.69) is 29.3 Å². The first-order valence-electron chi connectivity index (χ1n) is 7.69. The summed E-state index contributed by atoms with van der Waals surface area (Å²) in [6, 6.07) is 8.23. The Bertz CT molecular complexity index is 737. The molecule has 2 aromatic rings. The van der Waals surface area contributed by atoms with Gasteiger partial charge in [0.2, 0.25) is 0 Å². The molecule has 0 radical (unpaired) electrons. The van der Waals surface area contributed by atoms with Gasteiger partial charge in [-0.05, 0) is 54.8 Å². The molecule has 1 atom stereocenters. The number of pyridine rings is 1. The van der Waals surface area contributed by atoms with E-state index in [1.807, 2.05) is 13.0 Å². The Labute approximate surface area is 130 Å². The molecule has 4 nitrogen and oxygen atoms in total. The van der Waals surface area contributed by atoms with Crippen LogP contribution in [0.3, 0.4) is 0 Å². The molecule has 2 N–H and O–H groups in total. The second-order valence-corrected chi connectivity index (χ2v) is 5.58. The highest BCUT2D eigenvalue weighted by Crippen LogP contribution is 2.32. The van der Waals surface area contributed by atoms with Crippen molar-refractivity contribution in [2.24, 2.45) is 5.92 Å². The Morgan fingerprint density at radius 1 is 1.41 bits per heavy atom. The minimum absolute atomic E-state index is 0.00380. The predicted octanol–water partition coefficient (Wildman–Crippen LogP) is 3.56. The quantitative estimate of drug-likeness (QED) is 0.879. The van der Waals surface area contributed by atoms with Gasteiger partial charge in [0.1, 0.15) is 5.82 Å². The number of nitrogen functional groups attached to an aromatic ring is 1. The third-order valence-corrected chi connectivity index (χ3v) is 4.20. The van der Waals surface area contributed by atoms with E-state index in [1.54, 1.807) is 6.20 Å². The number of rotatable bonds is 3. The van der Waals surface area contributed by atoms with E-state index in [0.717, 1.165) is 35.6 Å². The van der Waals surface area contributed by atoms with Crippen LogP contribution in [-0.2, 0) is 9.53 Å². The molecule has 22 heavy (non-hydrogen) atoms. The number of hydrogen-bond acceptors (Lipinski definition) is 4. The summed E-state index contributed by atoms with van der Waals surface area (Å²) >= 11 is 0. The van der Waals surface area contributed by atoms with Crippen molar-refractivity contribution < 1.29 is 9.53 Å². The van der Waals surface area contributed by atoms with Crippen LogP contribution in [-0.4, -0.2) is 17.6 Å². The molecule has 1 heterocycles. The number of aromatic nitrogens is 1. The highest BCUT2D eigenvalue weighted by molar-refractivity contribution is 5.93. The lowest BCUT2D eigenvalue weighted by molar-refractivity contribution is -0.148. The number of carbonyl (C=O) groups is 1. The van der Waals surface area contributed by atoms with Gasteiger partial charge in [0.25, 0.3) is 0 Å². The van der Waals surface area contributed by atoms with Gasteiger partial charge in [-0.3, -0.25) is 4.79 Å². The number of esters is 1. The van der Waals surface area contributed by atoms with E-state index in [4.69, 9.17) is 10.5 Å². The minimum Gasteiger partial charge on any atom is -0.466 e. The third kappa shape index (κ3) is 2.82. The monoisotopic (exact) mass is 296 g/mol. The first kappa shape index (κ1) is 14.6. The summed E-state index contributed by atoms with van der Waals surface area (Å²) in [6.45, 7) is 2.29. The summed E-state index contributed by atoms with van der Waals surface area (Å²) < 4.78 is 5.10. The Balaban J connectivity index is 1.83. The summed E-state index contributed by atoms with van der Waals surface area (Å²) in [4.78, 5) is 15.9. The van der Waals surface area contributed by atoms with Gasteiger partial charge in [-0.25, -0.2) is 4.98 Å². The third-order valence-electron chi connectivity index (χ3n) is 4.20. The van der Waals surface area contributed by atoms with E-state index < -0.39 is 0 Å². The second kappa shape index (κ2) is 6.18. The van der Waals surface area contributed by atoms with Gasteiger partial charge in [0, 0.05) is 11.6 Å². The maximum absolute atomic E-state index is 11.8. The van der Waals surface area contributed by atoms with E-state index in [1.165, 1.54) is 5.57 Å². The number of anilines is 1. The molecule has 3 rings (SSSR count). The molecule has 0 amide bonds. The second-order valence-electron chi connectivity index (χ2n) is 5.58. The van der Waals surface area contributed by atoms with Gasteiger partial charge >= 0.3 is 5.97 Å². The Morgan fingerprint density at radius 2 is 2.27 bits per heavy atom. The first-order valence-corrected chi connectivity index (χ1v) is 7.69. The molecule has 0 aliphatic heterocycles. The normalized spacial score (nSPS) is 18.0. The number of nitrogens with zero attached hydrogens (tertiary/aromatic N) is 1. The van der Waals surface area contributed by atoms with Crippen molar-refractivity contribution in [3.63, 3.8) is 0 Å². The molecule has 1 aromatic carbocycles. The molecule has 0 bridgehead atoms. The fourth-order valence-electron chi connectivity index (χ4n) is 2.96. The van der Waals surface area contributed by atoms with Gasteiger partial charge < -0.3 is 10.5 Å². The zero-order chi connectivity index (χ0) is 15.5. The van der Waals surface area contributed by atoms with Crippen LogP contribution in [0.15, 0.2) is 36.5 Å². The number of hydrogen-bond donors (Lipinski definition) is 1. The van der Waals surface area contributed by atoms with E-state index in [9.17, 15) is 4.79 Å². The van der Waals surface area contributed by atoms with Crippen molar-refractivity contribution in [3.8, 4) is 0 Å². The summed E-state index contributed by atoms with van der Waals surface area (Å²) in [5.41, 5.74) is 8.39. The Kier molecular flexibility index (Phi) is 4.09. The summed E-state index contributed by atoms with van der Waals surface area (Å²) in [7, 11) is 0. The molecule has 1 aromatic heterocycles. The number of nitrogens with two attached hydrogens (primary N) is 1. The zero-order valence-electron chi connectivity index (χ0n) is 12.7. The fourth-order valence-corrected chi connectivity index (χ4v) is 2.96. The molecule has 114 valence electrons. The molecule has 0 saturated heterocycles. The van der Waals surface area contributed by atoms with Gasteiger partial charge in [-0.15, -0.1) is 0 Å². The van der Waals surface area contributed by atoms with Crippen molar-refractivity contribution in [1.29, 1.82) is 0 Å². The maximum atomic E-state index is 11.8. The van der Waals surface area contributed by atoms with Crippen molar-refractivity contribution >= 4 is 28.1 Å². The lowest BCUT2D eigenvalue weighted by Crippen LogP contribution is -2.19. The summed E-state index contributed by atoms with van der Waals surface area (Å²) in [6.07, 6.45) is 6.34. The number of benzene rings is 1. The van der Waals surface area contributed by atoms with Gasteiger partial charge in [-0.2, -0.15) is 0 Å². The standard InChI is InChI=1S/C18H20N2O2/c1-2-22-18(21)14-6-3-12(4-7-14)15-8-5-13-9-10-20-17(19)16(13)11-15/h3,5,8-11,14H,2,4,6-7H2,1H3,(H2,19,20). The lowest BCUT2D eigenvalue weighted by atomic mass is 9.86. The van der Waals surface area contributed by atoms with Crippen LogP contribution in [0.25, 0.3) is 16.3 Å². The van der Waals surface area contributed by atoms with Gasteiger partial charge in [0.15, 0.2) is 0 Å². The predicted molar refractivity (Wildman–Crippen MR) is 88.1 cm³/mol. The maximum Gasteiger partial charge on any atom is 0.309 e. The molecule has 1 aliphatic carbocycles. The smallest absolute Gasteiger partial charge is 0.309 e. The molecule has 0 fully saturated rings. The van der Waals surface area contributed by atoms with E-state index >= 15 is 0 Å². The van der Waals surface area contributed by atoms with Crippen LogP contribution in [0, 0.1) is 5.92 Å². The largest absolute Gasteiger partial charge is 0.466 e. The van der Waals surface area contributed by atoms with Crippen LogP contribution < -0.4 is 5.73 Å². The highest BCUT2D eigenvalue weighted by Gasteiger charge is 2.23. The number of fused-ring (bicyclic) bond motifs is 1. The number of carbonyl (C=O) groups excluding carboxylic acids is 1.